The van der Waals surface area contributed by atoms with Gasteiger partial charge < -0.3 is 5.32 Å². The highest BCUT2D eigenvalue weighted by molar-refractivity contribution is 5.14. The van der Waals surface area contributed by atoms with Gasteiger partial charge in [-0.05, 0) is 50.3 Å². The van der Waals surface area contributed by atoms with Gasteiger partial charge in [-0.1, -0.05) is 6.42 Å². The van der Waals surface area contributed by atoms with Gasteiger partial charge in [0.05, 0.1) is 12.2 Å². The second-order valence-electron chi connectivity index (χ2n) is 4.86. The molecule has 2 fully saturated rings. The van der Waals surface area contributed by atoms with Crippen molar-refractivity contribution in [2.45, 2.75) is 44.1 Å². The molecule has 2 aliphatic rings. The lowest BCUT2D eigenvalue weighted by Crippen LogP contribution is -2.29. The average molecular weight is 205 g/mol. The van der Waals surface area contributed by atoms with Crippen molar-refractivity contribution in [1.29, 1.82) is 0 Å². The van der Waals surface area contributed by atoms with Crippen molar-refractivity contribution >= 4 is 0 Å². The van der Waals surface area contributed by atoms with Crippen LogP contribution in [0, 0.1) is 0 Å². The summed E-state index contributed by atoms with van der Waals surface area (Å²) in [5.74, 6) is 0.820. The smallest absolute Gasteiger partial charge is 0.0543 e. The van der Waals surface area contributed by atoms with E-state index in [0.717, 1.165) is 19.0 Å². The fourth-order valence-electron chi connectivity index (χ4n) is 2.58. The Hall–Kier alpha value is -0.830. The lowest BCUT2D eigenvalue weighted by atomic mass is 9.81. The molecule has 0 amide bonds. The van der Waals surface area contributed by atoms with E-state index in [9.17, 15) is 0 Å². The summed E-state index contributed by atoms with van der Waals surface area (Å²) >= 11 is 0. The topological polar surface area (TPSA) is 29.9 Å². The zero-order valence-electron chi connectivity index (χ0n) is 9.15. The van der Waals surface area contributed by atoms with Crippen molar-refractivity contribution in [3.8, 4) is 0 Å². The second-order valence-corrected chi connectivity index (χ2v) is 4.86. The Labute approximate surface area is 90.9 Å². The highest BCUT2D eigenvalue weighted by Crippen LogP contribution is 2.36. The lowest BCUT2D eigenvalue weighted by molar-refractivity contribution is 0.342. The molecular formula is C12H19N3. The molecule has 0 radical (unpaired) electrons. The summed E-state index contributed by atoms with van der Waals surface area (Å²) in [4.78, 5) is 0. The number of nitrogens with zero attached hydrogens (tertiary/aromatic N) is 2. The minimum atomic E-state index is 0.639. The summed E-state index contributed by atoms with van der Waals surface area (Å²) in [6, 6.07) is 0.639. The third kappa shape index (κ3) is 1.81. The monoisotopic (exact) mass is 205 g/mol. The fourth-order valence-corrected chi connectivity index (χ4v) is 2.58. The minimum absolute atomic E-state index is 0.639. The first-order valence-corrected chi connectivity index (χ1v) is 6.18. The van der Waals surface area contributed by atoms with Crippen LogP contribution in [0.2, 0.25) is 0 Å². The molecule has 1 aromatic rings. The van der Waals surface area contributed by atoms with Gasteiger partial charge in [0, 0.05) is 6.20 Å². The molecule has 0 aromatic carbocycles. The van der Waals surface area contributed by atoms with E-state index in [2.05, 4.69) is 27.5 Å². The third-order valence-corrected chi connectivity index (χ3v) is 3.88. The highest BCUT2D eigenvalue weighted by atomic mass is 15.3. The molecule has 15 heavy (non-hydrogen) atoms. The van der Waals surface area contributed by atoms with Crippen molar-refractivity contribution in [3.05, 3.63) is 18.0 Å². The van der Waals surface area contributed by atoms with Crippen LogP contribution in [0.5, 0.6) is 0 Å². The molecule has 3 heteroatoms. The van der Waals surface area contributed by atoms with E-state index in [1.165, 1.54) is 37.7 Å². The first-order valence-electron chi connectivity index (χ1n) is 6.18. The van der Waals surface area contributed by atoms with E-state index in [1.54, 1.807) is 0 Å². The predicted octanol–water partition coefficient (Wildman–Crippen LogP) is 2.08. The maximum Gasteiger partial charge on any atom is 0.0543 e. The molecule has 1 aliphatic carbocycles. The molecule has 3 rings (SSSR count). The molecule has 1 saturated carbocycles. The van der Waals surface area contributed by atoms with Crippen LogP contribution in [-0.4, -0.2) is 22.9 Å². The fraction of sp³-hybridized carbons (Fsp3) is 0.750. The molecule has 0 bridgehead atoms. The van der Waals surface area contributed by atoms with Gasteiger partial charge in [0.15, 0.2) is 0 Å². The van der Waals surface area contributed by atoms with Crippen molar-refractivity contribution < 1.29 is 0 Å². The Kier molecular flexibility index (Phi) is 2.49. The zero-order chi connectivity index (χ0) is 10.1. The summed E-state index contributed by atoms with van der Waals surface area (Å²) in [6.07, 6.45) is 11.0. The van der Waals surface area contributed by atoms with Gasteiger partial charge in [0.25, 0.3) is 0 Å². The van der Waals surface area contributed by atoms with E-state index in [-0.39, 0.29) is 0 Å². The first-order chi connectivity index (χ1) is 7.43. The van der Waals surface area contributed by atoms with Gasteiger partial charge in [0.1, 0.15) is 0 Å². The van der Waals surface area contributed by atoms with Crippen LogP contribution >= 0.6 is 0 Å². The zero-order valence-corrected chi connectivity index (χ0v) is 9.15. The van der Waals surface area contributed by atoms with Gasteiger partial charge >= 0.3 is 0 Å². The van der Waals surface area contributed by atoms with E-state index in [1.807, 2.05) is 0 Å². The van der Waals surface area contributed by atoms with Crippen LogP contribution in [0.25, 0.3) is 0 Å². The van der Waals surface area contributed by atoms with E-state index in [0.29, 0.717) is 6.04 Å². The molecule has 1 aromatic heterocycles. The van der Waals surface area contributed by atoms with Crippen LogP contribution in [0.15, 0.2) is 12.4 Å². The van der Waals surface area contributed by atoms with Gasteiger partial charge in [-0.15, -0.1) is 0 Å². The Morgan fingerprint density at radius 3 is 2.67 bits per heavy atom. The summed E-state index contributed by atoms with van der Waals surface area (Å²) in [5.41, 5.74) is 1.47. The first kappa shape index (κ1) is 9.40. The second kappa shape index (κ2) is 3.97. The Morgan fingerprint density at radius 1 is 1.20 bits per heavy atom. The number of rotatable bonds is 2. The normalized spacial score (nSPS) is 24.0. The summed E-state index contributed by atoms with van der Waals surface area (Å²) in [5, 5.41) is 7.93. The van der Waals surface area contributed by atoms with Crippen molar-refractivity contribution in [1.82, 2.24) is 15.1 Å². The molecule has 1 aliphatic heterocycles. The largest absolute Gasteiger partial charge is 0.317 e. The number of nitrogens with one attached hydrogen (secondary N) is 1. The minimum Gasteiger partial charge on any atom is -0.317 e. The Balaban J connectivity index is 1.71. The Bertz CT molecular complexity index is 321. The third-order valence-electron chi connectivity index (χ3n) is 3.88. The molecule has 2 heterocycles. The summed E-state index contributed by atoms with van der Waals surface area (Å²) in [7, 11) is 0. The van der Waals surface area contributed by atoms with Crippen LogP contribution in [0.1, 0.15) is 49.6 Å². The maximum atomic E-state index is 4.53. The van der Waals surface area contributed by atoms with Gasteiger partial charge in [0.2, 0.25) is 0 Å². The lowest BCUT2D eigenvalue weighted by Gasteiger charge is -2.25. The van der Waals surface area contributed by atoms with Crippen molar-refractivity contribution in [2.24, 2.45) is 0 Å². The van der Waals surface area contributed by atoms with E-state index < -0.39 is 0 Å². The van der Waals surface area contributed by atoms with Crippen LogP contribution in [0.3, 0.4) is 0 Å². The molecule has 3 nitrogen and oxygen atoms in total. The number of hydrogen-bond donors (Lipinski definition) is 1. The standard InChI is InChI=1S/C12H19N3/c1-2-10(3-1)11-8-14-15(9-11)12-4-6-13-7-5-12/h8-10,12-13H,1-7H2. The van der Waals surface area contributed by atoms with E-state index >= 15 is 0 Å². The molecular weight excluding hydrogens is 186 g/mol. The van der Waals surface area contributed by atoms with Gasteiger partial charge in [-0.25, -0.2) is 0 Å². The van der Waals surface area contributed by atoms with Crippen molar-refractivity contribution in [3.63, 3.8) is 0 Å². The molecule has 0 atom stereocenters. The van der Waals surface area contributed by atoms with Crippen LogP contribution < -0.4 is 5.32 Å². The number of piperidine rings is 1. The van der Waals surface area contributed by atoms with Gasteiger partial charge in [-0.2, -0.15) is 5.10 Å². The number of aromatic nitrogens is 2. The van der Waals surface area contributed by atoms with Crippen molar-refractivity contribution in [2.75, 3.05) is 13.1 Å². The molecule has 1 N–H and O–H groups in total. The summed E-state index contributed by atoms with van der Waals surface area (Å²) in [6.45, 7) is 2.28. The Morgan fingerprint density at radius 2 is 2.00 bits per heavy atom. The molecule has 82 valence electrons. The van der Waals surface area contributed by atoms with E-state index in [4.69, 9.17) is 0 Å². The van der Waals surface area contributed by atoms with Crippen LogP contribution in [-0.2, 0) is 0 Å². The molecule has 0 unspecified atom stereocenters. The quantitative estimate of drug-likeness (QED) is 0.801. The SMILES string of the molecule is c1nn(C2CCNCC2)cc1C1CCC1. The summed E-state index contributed by atoms with van der Waals surface area (Å²) < 4.78 is 2.20. The maximum absolute atomic E-state index is 4.53. The predicted molar refractivity (Wildman–Crippen MR) is 60.0 cm³/mol. The average Bonchev–Trinajstić information content (AvgIpc) is 2.66. The molecule has 0 spiro atoms. The molecule has 1 saturated heterocycles. The highest BCUT2D eigenvalue weighted by Gasteiger charge is 2.22. The van der Waals surface area contributed by atoms with Gasteiger partial charge in [-0.3, -0.25) is 4.68 Å². The van der Waals surface area contributed by atoms with Crippen LogP contribution in [0.4, 0.5) is 0 Å². The number of hydrogen-bond acceptors (Lipinski definition) is 2.